The topological polar surface area (TPSA) is 179 Å². The molecule has 38 heavy (non-hydrogen) atoms. The van der Waals surface area contributed by atoms with Crippen LogP contribution in [-0.4, -0.2) is 67.6 Å². The second-order valence-electron chi connectivity index (χ2n) is 8.58. The fraction of sp³-hybridized carbons (Fsp3) is 0.478. The van der Waals surface area contributed by atoms with Crippen molar-refractivity contribution < 1.29 is 40.8 Å². The van der Waals surface area contributed by atoms with Crippen molar-refractivity contribution >= 4 is 25.2 Å². The molecule has 0 amide bonds. The van der Waals surface area contributed by atoms with Crippen molar-refractivity contribution in [2.45, 2.75) is 50.9 Å². The number of hydrogen-bond donors (Lipinski definition) is 3. The number of rotatable bonds is 10. The lowest BCUT2D eigenvalue weighted by Gasteiger charge is -2.25. The van der Waals surface area contributed by atoms with Gasteiger partial charge in [0.05, 0.1) is 27.5 Å². The molecule has 1 aromatic carbocycles. The highest BCUT2D eigenvalue weighted by Crippen LogP contribution is 2.51. The van der Waals surface area contributed by atoms with Gasteiger partial charge in [-0.3, -0.25) is 19.1 Å². The second kappa shape index (κ2) is 12.3. The molecule has 1 fully saturated rings. The Morgan fingerprint density at radius 2 is 2.05 bits per heavy atom. The molecule has 206 valence electrons. The maximum absolute atomic E-state index is 13.9. The maximum Gasteiger partial charge on any atom is 0.380 e. The number of carbonyl (C=O) groups is 1. The normalized spacial score (nSPS) is 26.3. The van der Waals surface area contributed by atoms with E-state index in [1.54, 1.807) is 32.0 Å². The molecular weight excluding hydrogens is 545 g/mol. The van der Waals surface area contributed by atoms with Gasteiger partial charge in [0.15, 0.2) is 6.23 Å². The number of ether oxygens (including phenoxy) is 2. The van der Waals surface area contributed by atoms with Crippen LogP contribution in [0.15, 0.2) is 46.1 Å². The Morgan fingerprint density at radius 1 is 1.37 bits per heavy atom. The number of nitrogens with one attached hydrogen (secondary N) is 1. The van der Waals surface area contributed by atoms with Crippen molar-refractivity contribution in [1.82, 2.24) is 14.8 Å². The number of hydrogen-bond acceptors (Lipinski definition) is 11. The van der Waals surface area contributed by atoms with Crippen molar-refractivity contribution in [2.24, 2.45) is 5.92 Å². The minimum atomic E-state index is -4.60. The average molecular weight is 574 g/mol. The summed E-state index contributed by atoms with van der Waals surface area (Å²) in [7, 11) is -4.60. The van der Waals surface area contributed by atoms with E-state index < -0.39 is 73.6 Å². The van der Waals surface area contributed by atoms with E-state index in [-0.39, 0.29) is 5.75 Å². The summed E-state index contributed by atoms with van der Waals surface area (Å²) in [5.41, 5.74) is -4.82. The van der Waals surface area contributed by atoms with Crippen molar-refractivity contribution in [3.05, 3.63) is 57.4 Å². The van der Waals surface area contributed by atoms with E-state index in [1.165, 1.54) is 19.1 Å². The molecule has 2 heterocycles. The largest absolute Gasteiger partial charge is 0.463 e. The summed E-state index contributed by atoms with van der Waals surface area (Å²) in [4.78, 5) is 38.1. The van der Waals surface area contributed by atoms with Crippen LogP contribution < -0.4 is 15.8 Å². The van der Waals surface area contributed by atoms with Crippen LogP contribution in [0.25, 0.3) is 0 Å². The smallest absolute Gasteiger partial charge is 0.380 e. The van der Waals surface area contributed by atoms with Gasteiger partial charge in [-0.2, -0.15) is 9.78 Å². The number of aromatic nitrogens is 3. The van der Waals surface area contributed by atoms with Gasteiger partial charge < -0.3 is 24.2 Å². The number of halogens is 1. The van der Waals surface area contributed by atoms with Gasteiger partial charge >= 0.3 is 19.3 Å². The van der Waals surface area contributed by atoms with E-state index >= 15 is 0 Å². The number of esters is 1. The number of benzene rings is 1. The Morgan fingerprint density at radius 3 is 2.66 bits per heavy atom. The van der Waals surface area contributed by atoms with Gasteiger partial charge in [-0.05, 0) is 43.5 Å². The molecule has 3 rings (SSSR count). The third-order valence-corrected chi connectivity index (χ3v) is 7.11. The Balaban J connectivity index is 1.99. The van der Waals surface area contributed by atoms with Gasteiger partial charge in [-0.15, -0.1) is 0 Å². The number of para-hydroxylation sites is 1. The molecule has 1 unspecified atom stereocenters. The first kappa shape index (κ1) is 26.6. The van der Waals surface area contributed by atoms with E-state index in [1.807, 2.05) is 10.4 Å². The minimum Gasteiger partial charge on any atom is -0.463 e. The van der Waals surface area contributed by atoms with Crippen molar-refractivity contribution in [3.63, 3.8) is 0 Å². The Kier molecular flexibility index (Phi) is 8.58. The maximum atomic E-state index is 13.9. The number of H-pyrrole nitrogens is 1. The molecule has 0 bridgehead atoms. The highest BCUT2D eigenvalue weighted by molar-refractivity contribution is 7.54. The Hall–Kier alpha value is -2.98. The molecule has 1 aromatic heterocycles. The molecule has 0 saturated carbocycles. The summed E-state index contributed by atoms with van der Waals surface area (Å²) < 4.78 is 52.9. The molecule has 3 N–H and O–H groups in total. The molecule has 2 aromatic rings. The van der Waals surface area contributed by atoms with Crippen molar-refractivity contribution in [2.75, 3.05) is 12.7 Å². The third kappa shape index (κ3) is 6.91. The molecule has 6 atom stereocenters. The monoisotopic (exact) mass is 573 g/mol. The standard InChI is InChI=1S/C23H27ClN3O10P/c1-14(2)35-20(30)15(3)13-38(33,37-16-7-5-4-6-8-16)34-12-17-19(29)23(32,9-10-24)21(36-17)27-22(31)26-18(28)11-25-27/h4-8,11,14-15,17,19,21,29,32H,12-13H2,1-3H3,(H,26,28,31)/t15-,17-,19+,21-,23?,38+/m1/s1/i12D2. The van der Waals surface area contributed by atoms with E-state index in [0.29, 0.717) is 10.9 Å². The Labute approximate surface area is 225 Å². The molecule has 0 aliphatic carbocycles. The number of aliphatic hydroxyl groups is 2. The molecule has 0 radical (unpaired) electrons. The van der Waals surface area contributed by atoms with E-state index in [9.17, 15) is 29.2 Å². The lowest BCUT2D eigenvalue weighted by molar-refractivity contribution is -0.151. The molecule has 0 spiro atoms. The van der Waals surface area contributed by atoms with Gasteiger partial charge in [0.2, 0.25) is 5.60 Å². The SMILES string of the molecule is [2H]C([2H])(O[P@@](=O)(C[C@@H](C)C(=O)OC(C)C)Oc1ccccc1)[C@H]1O[C@@H](n2ncc(=O)[nH]c2=O)C(O)(C#CCl)[C@H]1O. The minimum absolute atomic E-state index is 0.0188. The molecule has 15 heteroatoms. The average Bonchev–Trinajstić information content (AvgIpc) is 3.10. The first-order chi connectivity index (χ1) is 18.6. The van der Waals surface area contributed by atoms with Gasteiger partial charge in [-0.1, -0.05) is 25.1 Å². The molecule has 1 saturated heterocycles. The number of aliphatic hydroxyl groups excluding tert-OH is 1. The van der Waals surface area contributed by atoms with E-state index in [4.69, 9.17) is 32.9 Å². The third-order valence-electron chi connectivity index (χ3n) is 5.14. The molecule has 1 aliphatic heterocycles. The van der Waals surface area contributed by atoms with Crippen LogP contribution in [0.3, 0.4) is 0 Å². The van der Waals surface area contributed by atoms with Crippen molar-refractivity contribution in [1.29, 1.82) is 0 Å². The highest BCUT2D eigenvalue weighted by Gasteiger charge is 2.57. The first-order valence-corrected chi connectivity index (χ1v) is 13.3. The first-order valence-electron chi connectivity index (χ1n) is 12.2. The van der Waals surface area contributed by atoms with Crippen LogP contribution in [0.1, 0.15) is 29.7 Å². The molecule has 1 aliphatic rings. The van der Waals surface area contributed by atoms with Gasteiger partial charge in [0.25, 0.3) is 5.56 Å². The van der Waals surface area contributed by atoms with Crippen LogP contribution >= 0.6 is 19.2 Å². The summed E-state index contributed by atoms with van der Waals surface area (Å²) in [6, 6.07) is 7.60. The van der Waals surface area contributed by atoms with E-state index in [2.05, 4.69) is 11.0 Å². The summed E-state index contributed by atoms with van der Waals surface area (Å²) >= 11 is 5.45. The summed E-state index contributed by atoms with van der Waals surface area (Å²) in [6.45, 7) is 1.39. The van der Waals surface area contributed by atoms with Crippen molar-refractivity contribution in [3.8, 4) is 17.0 Å². The van der Waals surface area contributed by atoms with Gasteiger partial charge in [-0.25, -0.2) is 9.36 Å². The lowest BCUT2D eigenvalue weighted by atomic mass is 9.95. The Bertz CT molecular complexity index is 1440. The zero-order chi connectivity index (χ0) is 29.9. The summed E-state index contributed by atoms with van der Waals surface area (Å²) in [5.74, 6) is 0.238. The van der Waals surface area contributed by atoms with E-state index in [0.717, 1.165) is 0 Å². The van der Waals surface area contributed by atoms with Gasteiger partial charge in [0.1, 0.15) is 24.2 Å². The lowest BCUT2D eigenvalue weighted by Crippen LogP contribution is -2.49. The predicted molar refractivity (Wildman–Crippen MR) is 134 cm³/mol. The van der Waals surface area contributed by atoms with Crippen LogP contribution in [0, 0.1) is 17.2 Å². The zero-order valence-electron chi connectivity index (χ0n) is 22.4. The van der Waals surface area contributed by atoms with Gasteiger partial charge in [0, 0.05) is 5.38 Å². The second-order valence-corrected chi connectivity index (χ2v) is 10.7. The predicted octanol–water partition coefficient (Wildman–Crippen LogP) is 0.997. The summed E-state index contributed by atoms with van der Waals surface area (Å²) in [5, 5.41) is 27.5. The quantitative estimate of drug-likeness (QED) is 0.210. The fourth-order valence-corrected chi connectivity index (χ4v) is 5.26. The number of aromatic amines is 1. The summed E-state index contributed by atoms with van der Waals surface area (Å²) in [6.07, 6.45) is -6.91. The number of nitrogens with zero attached hydrogens (tertiary/aromatic N) is 2. The number of carbonyl (C=O) groups excluding carboxylic acids is 1. The van der Waals surface area contributed by atoms with Crippen LogP contribution in [-0.2, 0) is 23.4 Å². The molecular formula is C23H27ClN3O10P. The zero-order valence-corrected chi connectivity index (χ0v) is 22.1. The van der Waals surface area contributed by atoms with Crippen LogP contribution in [0.5, 0.6) is 5.75 Å². The highest BCUT2D eigenvalue weighted by atomic mass is 35.5. The van der Waals surface area contributed by atoms with Crippen LogP contribution in [0.2, 0.25) is 0 Å². The fourth-order valence-electron chi connectivity index (χ4n) is 3.40. The van der Waals surface area contributed by atoms with Crippen LogP contribution in [0.4, 0.5) is 0 Å². The molecule has 13 nitrogen and oxygen atoms in total.